The fourth-order valence-electron chi connectivity index (χ4n) is 0.928. The summed E-state index contributed by atoms with van der Waals surface area (Å²) >= 11 is 5.37. The molecule has 1 aromatic rings. The van der Waals surface area contributed by atoms with Gasteiger partial charge in [-0.25, -0.2) is 0 Å². The summed E-state index contributed by atoms with van der Waals surface area (Å²) in [4.78, 5) is 11.1. The van der Waals surface area contributed by atoms with Crippen molar-refractivity contribution >= 4 is 17.4 Å². The molecule has 1 aromatic carbocycles. The van der Waals surface area contributed by atoms with Crippen LogP contribution < -0.4 is 4.74 Å². The van der Waals surface area contributed by atoms with Crippen LogP contribution in [0.3, 0.4) is 0 Å². The first-order chi connectivity index (χ1) is 6.19. The first-order valence-corrected chi connectivity index (χ1v) is 4.18. The number of alkyl halides is 1. The van der Waals surface area contributed by atoms with Crippen LogP contribution in [0.1, 0.15) is 10.4 Å². The van der Waals surface area contributed by atoms with Gasteiger partial charge in [0.15, 0.2) is 17.3 Å². The predicted molar refractivity (Wildman–Crippen MR) is 49.7 cm³/mol. The molecule has 0 radical (unpaired) electrons. The lowest BCUT2D eigenvalue weighted by Gasteiger charge is -2.04. The zero-order chi connectivity index (χ0) is 9.84. The second-order valence-electron chi connectivity index (χ2n) is 2.44. The summed E-state index contributed by atoms with van der Waals surface area (Å²) in [5, 5.41) is 9.22. The van der Waals surface area contributed by atoms with Gasteiger partial charge in [-0.15, -0.1) is 11.6 Å². The van der Waals surface area contributed by atoms with Gasteiger partial charge in [0.2, 0.25) is 0 Å². The van der Waals surface area contributed by atoms with Crippen molar-refractivity contribution in [3.8, 4) is 11.5 Å². The Labute approximate surface area is 80.9 Å². The van der Waals surface area contributed by atoms with Gasteiger partial charge < -0.3 is 9.84 Å². The molecule has 3 nitrogen and oxygen atoms in total. The van der Waals surface area contributed by atoms with E-state index in [2.05, 4.69) is 0 Å². The number of hydrogen-bond donors (Lipinski definition) is 1. The van der Waals surface area contributed by atoms with E-state index in [0.29, 0.717) is 5.56 Å². The third-order valence-electron chi connectivity index (χ3n) is 1.62. The second kappa shape index (κ2) is 4.14. The molecule has 1 N–H and O–H groups in total. The Morgan fingerprint density at radius 3 is 2.85 bits per heavy atom. The van der Waals surface area contributed by atoms with Crippen LogP contribution in [-0.4, -0.2) is 23.9 Å². The van der Waals surface area contributed by atoms with E-state index in [4.69, 9.17) is 16.3 Å². The van der Waals surface area contributed by atoms with Gasteiger partial charge in [-0.3, -0.25) is 4.79 Å². The van der Waals surface area contributed by atoms with Crippen LogP contribution in [0.2, 0.25) is 0 Å². The van der Waals surface area contributed by atoms with Crippen molar-refractivity contribution in [3.05, 3.63) is 23.8 Å². The van der Waals surface area contributed by atoms with Crippen LogP contribution in [0.4, 0.5) is 0 Å². The molecule has 0 bridgehead atoms. The van der Waals surface area contributed by atoms with Gasteiger partial charge in [0.1, 0.15) is 0 Å². The molecule has 0 spiro atoms. The SMILES string of the molecule is COc1cc(C(=O)CCl)ccc1O. The number of phenols is 1. The molecule has 0 unspecified atom stereocenters. The Hall–Kier alpha value is -1.22. The van der Waals surface area contributed by atoms with E-state index in [9.17, 15) is 9.90 Å². The van der Waals surface area contributed by atoms with Crippen molar-refractivity contribution in [2.45, 2.75) is 0 Å². The molecule has 70 valence electrons. The molecule has 0 amide bonds. The minimum Gasteiger partial charge on any atom is -0.504 e. The molecule has 1 rings (SSSR count). The fourth-order valence-corrected chi connectivity index (χ4v) is 1.08. The molecule has 0 aliphatic rings. The topological polar surface area (TPSA) is 46.5 Å². The van der Waals surface area contributed by atoms with Crippen molar-refractivity contribution in [3.63, 3.8) is 0 Å². The second-order valence-corrected chi connectivity index (χ2v) is 2.71. The Morgan fingerprint density at radius 1 is 1.62 bits per heavy atom. The predicted octanol–water partition coefficient (Wildman–Crippen LogP) is 1.82. The van der Waals surface area contributed by atoms with Crippen LogP contribution >= 0.6 is 11.6 Å². The maximum absolute atomic E-state index is 11.1. The summed E-state index contributed by atoms with van der Waals surface area (Å²) < 4.78 is 4.83. The lowest BCUT2D eigenvalue weighted by Crippen LogP contribution is -2.00. The Bertz CT molecular complexity index is 323. The van der Waals surface area contributed by atoms with Gasteiger partial charge in [0.05, 0.1) is 13.0 Å². The number of benzene rings is 1. The summed E-state index contributed by atoms with van der Waals surface area (Å²) in [6, 6.07) is 4.36. The molecular weight excluding hydrogens is 192 g/mol. The van der Waals surface area contributed by atoms with Crippen LogP contribution in [0.5, 0.6) is 11.5 Å². The number of hydrogen-bond acceptors (Lipinski definition) is 3. The third-order valence-corrected chi connectivity index (χ3v) is 1.87. The molecule has 0 heterocycles. The Kier molecular flexibility index (Phi) is 3.14. The number of rotatable bonds is 3. The van der Waals surface area contributed by atoms with Gasteiger partial charge in [-0.1, -0.05) is 0 Å². The van der Waals surface area contributed by atoms with Crippen LogP contribution in [0, 0.1) is 0 Å². The van der Waals surface area contributed by atoms with Gasteiger partial charge >= 0.3 is 0 Å². The number of carbonyl (C=O) groups excluding carboxylic acids is 1. The third kappa shape index (κ3) is 2.12. The van der Waals surface area contributed by atoms with E-state index in [1.807, 2.05) is 0 Å². The van der Waals surface area contributed by atoms with Crippen molar-refractivity contribution in [2.75, 3.05) is 13.0 Å². The summed E-state index contributed by atoms with van der Waals surface area (Å²) in [7, 11) is 1.42. The number of methoxy groups -OCH3 is 1. The molecule has 0 fully saturated rings. The molecule has 0 atom stereocenters. The molecule has 0 aliphatic heterocycles. The summed E-state index contributed by atoms with van der Waals surface area (Å²) in [5.74, 6) is 0.0121. The molecule has 13 heavy (non-hydrogen) atoms. The largest absolute Gasteiger partial charge is 0.504 e. The summed E-state index contributed by atoms with van der Waals surface area (Å²) in [6.45, 7) is 0. The zero-order valence-electron chi connectivity index (χ0n) is 7.08. The summed E-state index contributed by atoms with van der Waals surface area (Å²) in [5.41, 5.74) is 0.435. The number of aromatic hydroxyl groups is 1. The van der Waals surface area contributed by atoms with E-state index in [1.54, 1.807) is 0 Å². The number of carbonyl (C=O) groups is 1. The molecular formula is C9H9ClO3. The van der Waals surface area contributed by atoms with Gasteiger partial charge in [0.25, 0.3) is 0 Å². The Morgan fingerprint density at radius 2 is 2.31 bits per heavy atom. The van der Waals surface area contributed by atoms with Crippen molar-refractivity contribution in [1.82, 2.24) is 0 Å². The lowest BCUT2D eigenvalue weighted by molar-refractivity contribution is 0.102. The first-order valence-electron chi connectivity index (χ1n) is 3.65. The van der Waals surface area contributed by atoms with Crippen molar-refractivity contribution < 1.29 is 14.6 Å². The highest BCUT2D eigenvalue weighted by Gasteiger charge is 2.07. The number of halogens is 1. The van der Waals surface area contributed by atoms with Crippen molar-refractivity contribution in [2.24, 2.45) is 0 Å². The highest BCUT2D eigenvalue weighted by Crippen LogP contribution is 2.26. The van der Waals surface area contributed by atoms with Crippen LogP contribution in [0.25, 0.3) is 0 Å². The maximum atomic E-state index is 11.1. The smallest absolute Gasteiger partial charge is 0.177 e. The molecule has 0 saturated heterocycles. The number of phenolic OH excluding ortho intramolecular Hbond substituents is 1. The average molecular weight is 201 g/mol. The van der Waals surface area contributed by atoms with Gasteiger partial charge in [-0.2, -0.15) is 0 Å². The van der Waals surface area contributed by atoms with E-state index < -0.39 is 0 Å². The van der Waals surface area contributed by atoms with E-state index >= 15 is 0 Å². The van der Waals surface area contributed by atoms with E-state index in [1.165, 1.54) is 25.3 Å². The number of Topliss-reactive ketones (excluding diaryl/α,β-unsaturated/α-hetero) is 1. The molecule has 4 heteroatoms. The van der Waals surface area contributed by atoms with Crippen LogP contribution in [0.15, 0.2) is 18.2 Å². The highest BCUT2D eigenvalue weighted by molar-refractivity contribution is 6.30. The minimum atomic E-state index is -0.194. The lowest BCUT2D eigenvalue weighted by atomic mass is 10.1. The monoisotopic (exact) mass is 200 g/mol. The number of ether oxygens (including phenoxy) is 1. The number of ketones is 1. The quantitative estimate of drug-likeness (QED) is 0.598. The average Bonchev–Trinajstić information content (AvgIpc) is 2.17. The van der Waals surface area contributed by atoms with E-state index in [-0.39, 0.29) is 23.2 Å². The maximum Gasteiger partial charge on any atom is 0.177 e. The van der Waals surface area contributed by atoms with Gasteiger partial charge in [0, 0.05) is 5.56 Å². The molecule has 0 saturated carbocycles. The van der Waals surface area contributed by atoms with E-state index in [0.717, 1.165) is 0 Å². The fraction of sp³-hybridized carbons (Fsp3) is 0.222. The van der Waals surface area contributed by atoms with Crippen LogP contribution in [-0.2, 0) is 0 Å². The van der Waals surface area contributed by atoms with Gasteiger partial charge in [-0.05, 0) is 18.2 Å². The zero-order valence-corrected chi connectivity index (χ0v) is 7.84. The Balaban J connectivity index is 3.06. The highest BCUT2D eigenvalue weighted by atomic mass is 35.5. The normalized spacial score (nSPS) is 9.69. The van der Waals surface area contributed by atoms with Crippen molar-refractivity contribution in [1.29, 1.82) is 0 Å². The molecule has 0 aromatic heterocycles. The minimum absolute atomic E-state index is 0.00798. The summed E-state index contributed by atoms with van der Waals surface area (Å²) in [6.07, 6.45) is 0. The first kappa shape index (κ1) is 9.86. The molecule has 0 aliphatic carbocycles. The standard InChI is InChI=1S/C9H9ClO3/c1-13-9-4-6(8(12)5-10)2-3-7(9)11/h2-4,11H,5H2,1H3.